The lowest BCUT2D eigenvalue weighted by Gasteiger charge is -2.40. The van der Waals surface area contributed by atoms with Gasteiger partial charge in [-0.1, -0.05) is 35.9 Å². The van der Waals surface area contributed by atoms with E-state index in [1.54, 1.807) is 30.3 Å². The number of hydrogen-bond acceptors (Lipinski definition) is 8. The van der Waals surface area contributed by atoms with Gasteiger partial charge < -0.3 is 29.9 Å². The Bertz CT molecular complexity index is 1140. The summed E-state index contributed by atoms with van der Waals surface area (Å²) in [5.41, 5.74) is 2.27. The molecule has 2 aromatic carbocycles. The number of aliphatic hydroxyl groups excluding tert-OH is 4. The fraction of sp³-hybridized carbons (Fsp3) is 0.520. The summed E-state index contributed by atoms with van der Waals surface area (Å²) in [6.45, 7) is 0.959. The minimum absolute atomic E-state index is 0.168. The highest BCUT2D eigenvalue weighted by atomic mass is 35.5. The zero-order chi connectivity index (χ0) is 26.6. The monoisotopic (exact) mass is 556 g/mol. The van der Waals surface area contributed by atoms with Gasteiger partial charge in [0, 0.05) is 24.7 Å². The smallest absolute Gasteiger partial charge is 0.279 e. The molecule has 5 atom stereocenters. The third-order valence-corrected chi connectivity index (χ3v) is 8.65. The van der Waals surface area contributed by atoms with Crippen molar-refractivity contribution in [1.29, 1.82) is 0 Å². The summed E-state index contributed by atoms with van der Waals surface area (Å²) in [7, 11) is -3.46. The number of nitrogens with zero attached hydrogens (tertiary/aromatic N) is 1. The van der Waals surface area contributed by atoms with Gasteiger partial charge in [0.15, 0.2) is 0 Å². The molecule has 12 heteroatoms. The van der Waals surface area contributed by atoms with Crippen molar-refractivity contribution in [2.45, 2.75) is 49.8 Å². The van der Waals surface area contributed by atoms with Crippen molar-refractivity contribution in [3.8, 4) is 5.75 Å². The first-order valence-electron chi connectivity index (χ1n) is 12.2. The van der Waals surface area contributed by atoms with E-state index in [2.05, 4.69) is 4.72 Å². The van der Waals surface area contributed by atoms with Crippen molar-refractivity contribution in [3.05, 3.63) is 64.2 Å². The summed E-state index contributed by atoms with van der Waals surface area (Å²) in [4.78, 5) is 0. The maximum atomic E-state index is 12.2. The van der Waals surface area contributed by atoms with Crippen molar-refractivity contribution >= 4 is 21.8 Å². The molecule has 0 saturated carbocycles. The van der Waals surface area contributed by atoms with Crippen LogP contribution in [0.2, 0.25) is 5.02 Å². The number of rotatable bonds is 10. The van der Waals surface area contributed by atoms with E-state index in [0.717, 1.165) is 24.0 Å². The van der Waals surface area contributed by atoms with Crippen molar-refractivity contribution in [1.82, 2.24) is 9.03 Å². The quantitative estimate of drug-likeness (QED) is 0.269. The lowest BCUT2D eigenvalue weighted by Crippen LogP contribution is -2.55. The molecule has 2 aliphatic heterocycles. The molecule has 2 heterocycles. The second kappa shape index (κ2) is 12.4. The van der Waals surface area contributed by atoms with Crippen molar-refractivity contribution in [2.75, 3.05) is 32.8 Å². The Kier molecular flexibility index (Phi) is 9.43. The lowest BCUT2D eigenvalue weighted by molar-refractivity contribution is -0.231. The molecule has 0 amide bonds. The van der Waals surface area contributed by atoms with Gasteiger partial charge in [-0.05, 0) is 54.2 Å². The summed E-state index contributed by atoms with van der Waals surface area (Å²) >= 11 is 6.41. The summed E-state index contributed by atoms with van der Waals surface area (Å²) in [6.07, 6.45) is -3.95. The molecule has 0 spiro atoms. The van der Waals surface area contributed by atoms with E-state index in [0.29, 0.717) is 35.8 Å². The minimum atomic E-state index is -3.46. The topological polar surface area (TPSA) is 149 Å². The van der Waals surface area contributed by atoms with Crippen LogP contribution in [0.4, 0.5) is 0 Å². The van der Waals surface area contributed by atoms with E-state index < -0.39 is 47.3 Å². The van der Waals surface area contributed by atoms with E-state index in [1.807, 2.05) is 12.1 Å². The Morgan fingerprint density at radius 3 is 2.41 bits per heavy atom. The summed E-state index contributed by atoms with van der Waals surface area (Å²) in [5.74, 6) is 0.602. The van der Waals surface area contributed by atoms with Crippen LogP contribution in [0.1, 0.15) is 35.6 Å². The van der Waals surface area contributed by atoms with Gasteiger partial charge in [0.05, 0.1) is 6.61 Å². The second-order valence-corrected chi connectivity index (χ2v) is 11.4. The van der Waals surface area contributed by atoms with Crippen LogP contribution >= 0.6 is 11.6 Å². The number of halogens is 1. The van der Waals surface area contributed by atoms with E-state index >= 15 is 0 Å². The van der Waals surface area contributed by atoms with Crippen molar-refractivity contribution in [3.63, 3.8) is 0 Å². The maximum Gasteiger partial charge on any atom is 0.279 e. The molecular weight excluding hydrogens is 524 g/mol. The zero-order valence-electron chi connectivity index (χ0n) is 20.2. The SMILES string of the molecule is O=S(=O)(NCCOc1ccc(Cc2cc([C@@H]3O[C@H](CO)[C@@H](O)[C@@H](O)[C@H]3O)ccc2Cl)cc1)N1CCCC1. The van der Waals surface area contributed by atoms with E-state index in [4.69, 9.17) is 21.1 Å². The van der Waals surface area contributed by atoms with Gasteiger partial charge in [0.1, 0.15) is 42.9 Å². The highest BCUT2D eigenvalue weighted by Crippen LogP contribution is 2.34. The zero-order valence-corrected chi connectivity index (χ0v) is 21.8. The minimum Gasteiger partial charge on any atom is -0.492 e. The van der Waals surface area contributed by atoms with Gasteiger partial charge >= 0.3 is 0 Å². The predicted molar refractivity (Wildman–Crippen MR) is 137 cm³/mol. The average Bonchev–Trinajstić information content (AvgIpc) is 3.44. The van der Waals surface area contributed by atoms with Crippen LogP contribution in [-0.2, 0) is 21.4 Å². The van der Waals surface area contributed by atoms with E-state index in [9.17, 15) is 28.8 Å². The molecule has 0 bridgehead atoms. The van der Waals surface area contributed by atoms with E-state index in [-0.39, 0.29) is 13.2 Å². The van der Waals surface area contributed by atoms with Gasteiger partial charge in [-0.25, -0.2) is 0 Å². The molecule has 2 aliphatic rings. The first kappa shape index (κ1) is 28.2. The van der Waals surface area contributed by atoms with E-state index in [1.165, 1.54) is 4.31 Å². The van der Waals surface area contributed by atoms with Crippen LogP contribution in [0.15, 0.2) is 42.5 Å². The highest BCUT2D eigenvalue weighted by molar-refractivity contribution is 7.87. The Hall–Kier alpha value is -1.80. The molecule has 0 radical (unpaired) electrons. The highest BCUT2D eigenvalue weighted by Gasteiger charge is 2.44. The first-order valence-corrected chi connectivity index (χ1v) is 14.1. The summed E-state index contributed by atoms with van der Waals surface area (Å²) < 4.78 is 39.7. The van der Waals surface area contributed by atoms with Crippen LogP contribution < -0.4 is 9.46 Å². The number of nitrogens with one attached hydrogen (secondary N) is 1. The third-order valence-electron chi connectivity index (χ3n) is 6.67. The number of hydrogen-bond donors (Lipinski definition) is 5. The molecule has 10 nitrogen and oxygen atoms in total. The standard InChI is InChI=1S/C25H33ClN2O8S/c26-20-8-5-17(25-24(32)23(31)22(30)21(15-29)36-25)14-18(20)13-16-3-6-19(7-4-16)35-12-9-27-37(33,34)28-10-1-2-11-28/h3-8,14,21-25,27,29-32H,1-2,9-13,15H2/t21-,22-,23-,24-,25+/m1/s1. The van der Waals surface area contributed by atoms with Crippen LogP contribution in [0.5, 0.6) is 5.75 Å². The predicted octanol–water partition coefficient (Wildman–Crippen LogP) is 0.755. The lowest BCUT2D eigenvalue weighted by atomic mass is 9.90. The average molecular weight is 557 g/mol. The number of ether oxygens (including phenoxy) is 2. The summed E-state index contributed by atoms with van der Waals surface area (Å²) in [5, 5.41) is 40.6. The molecule has 4 rings (SSSR count). The molecule has 5 N–H and O–H groups in total. The van der Waals surface area contributed by atoms with Gasteiger partial charge in [-0.3, -0.25) is 0 Å². The van der Waals surface area contributed by atoms with Gasteiger partial charge in [0.2, 0.25) is 0 Å². The first-order chi connectivity index (χ1) is 17.7. The van der Waals surface area contributed by atoms with Crippen LogP contribution in [0.3, 0.4) is 0 Å². The van der Waals surface area contributed by atoms with Crippen molar-refractivity contribution in [2.24, 2.45) is 0 Å². The van der Waals surface area contributed by atoms with Gasteiger partial charge in [-0.2, -0.15) is 17.4 Å². The molecule has 204 valence electrons. The Morgan fingerprint density at radius 2 is 1.73 bits per heavy atom. The maximum absolute atomic E-state index is 12.2. The normalized spacial score (nSPS) is 26.9. The molecule has 0 aliphatic carbocycles. The second-order valence-electron chi connectivity index (χ2n) is 9.28. The van der Waals surface area contributed by atoms with Crippen molar-refractivity contribution < 1.29 is 38.3 Å². The molecule has 37 heavy (non-hydrogen) atoms. The number of aliphatic hydroxyl groups is 4. The fourth-order valence-corrected chi connectivity index (χ4v) is 6.01. The van der Waals surface area contributed by atoms with Gasteiger partial charge in [0.25, 0.3) is 10.2 Å². The van der Waals surface area contributed by atoms with Gasteiger partial charge in [-0.15, -0.1) is 0 Å². The Balaban J connectivity index is 1.34. The molecule has 2 aromatic rings. The molecule has 2 saturated heterocycles. The molecular formula is C25H33ClN2O8S. The molecule has 0 unspecified atom stereocenters. The van der Waals surface area contributed by atoms with Crippen LogP contribution in [0, 0.1) is 0 Å². The molecule has 2 fully saturated rings. The Morgan fingerprint density at radius 1 is 1.03 bits per heavy atom. The van der Waals surface area contributed by atoms with Crippen LogP contribution in [0.25, 0.3) is 0 Å². The molecule has 0 aromatic heterocycles. The Labute approximate surface area is 221 Å². The fourth-order valence-electron chi connectivity index (χ4n) is 4.57. The van der Waals surface area contributed by atoms with Crippen LogP contribution in [-0.4, -0.2) is 90.4 Å². The summed E-state index contributed by atoms with van der Waals surface area (Å²) in [6, 6.07) is 12.5. The number of benzene rings is 2. The largest absolute Gasteiger partial charge is 0.492 e. The third kappa shape index (κ3) is 6.80.